The Hall–Kier alpha value is -0.370. The average Bonchev–Trinajstić information content (AvgIpc) is 2.03. The first-order valence-corrected chi connectivity index (χ1v) is 5.43. The van der Waals surface area contributed by atoms with Gasteiger partial charge in [-0.2, -0.15) is 0 Å². The molecule has 1 N–H and O–H groups in total. The van der Waals surface area contributed by atoms with E-state index < -0.39 is 0 Å². The lowest BCUT2D eigenvalue weighted by Gasteiger charge is -2.26. The molecular weight excluding hydrogens is 162 g/mol. The van der Waals surface area contributed by atoms with Gasteiger partial charge in [0.1, 0.15) is 5.78 Å². The highest BCUT2D eigenvalue weighted by Gasteiger charge is 2.24. The molecule has 0 radical (unpaired) electrons. The Bertz CT molecular complexity index is 167. The molecule has 0 amide bonds. The van der Waals surface area contributed by atoms with Gasteiger partial charge in [-0.25, -0.2) is 0 Å². The molecule has 0 aromatic heterocycles. The average molecular weight is 183 g/mol. The maximum atomic E-state index is 11.4. The minimum Gasteiger partial charge on any atom is -0.316 e. The lowest BCUT2D eigenvalue weighted by atomic mass is 9.84. The molecule has 0 aromatic carbocycles. The Morgan fingerprint density at radius 2 is 1.77 bits per heavy atom. The van der Waals surface area contributed by atoms with E-state index in [1.165, 1.54) is 32.1 Å². The third kappa shape index (κ3) is 3.11. The maximum Gasteiger partial charge on any atom is 0.134 e. The summed E-state index contributed by atoms with van der Waals surface area (Å²) in [6.45, 7) is 1.73. The summed E-state index contributed by atoms with van der Waals surface area (Å²) in [5.74, 6) is 0.631. The Morgan fingerprint density at radius 3 is 2.31 bits per heavy atom. The Labute approximate surface area is 81.1 Å². The standard InChI is InChI=1S/C11H21NO/c1-9(13)10-7-5-3-4-6-8-11(10)12-2/h10-12H,3-8H2,1-2H3/t10?,11-/m1/s1. The largest absolute Gasteiger partial charge is 0.316 e. The van der Waals surface area contributed by atoms with E-state index in [0.717, 1.165) is 6.42 Å². The second-order valence-electron chi connectivity index (χ2n) is 4.10. The molecule has 76 valence electrons. The first-order chi connectivity index (χ1) is 6.25. The fourth-order valence-electron chi connectivity index (χ4n) is 2.32. The van der Waals surface area contributed by atoms with Crippen molar-refractivity contribution >= 4 is 5.78 Å². The number of hydrogen-bond donors (Lipinski definition) is 1. The summed E-state index contributed by atoms with van der Waals surface area (Å²) in [5, 5.41) is 3.28. The number of Topliss-reactive ketones (excluding diaryl/α,β-unsaturated/α-hetero) is 1. The second kappa shape index (κ2) is 5.38. The van der Waals surface area contributed by atoms with Crippen LogP contribution >= 0.6 is 0 Å². The molecule has 1 saturated carbocycles. The predicted molar refractivity (Wildman–Crippen MR) is 54.7 cm³/mol. The van der Waals surface area contributed by atoms with Crippen LogP contribution < -0.4 is 5.32 Å². The van der Waals surface area contributed by atoms with Gasteiger partial charge in [0.05, 0.1) is 0 Å². The molecular formula is C11H21NO. The van der Waals surface area contributed by atoms with E-state index in [1.54, 1.807) is 6.92 Å². The van der Waals surface area contributed by atoms with Gasteiger partial charge in [0.25, 0.3) is 0 Å². The summed E-state index contributed by atoms with van der Waals surface area (Å²) < 4.78 is 0. The SMILES string of the molecule is CN[C@@H]1CCCCCCC1C(C)=O. The first kappa shape index (κ1) is 10.7. The van der Waals surface area contributed by atoms with Crippen LogP contribution in [0.2, 0.25) is 0 Å². The minimum atomic E-state index is 0.269. The number of rotatable bonds is 2. The molecule has 1 fully saturated rings. The van der Waals surface area contributed by atoms with Crippen molar-refractivity contribution in [3.63, 3.8) is 0 Å². The molecule has 2 nitrogen and oxygen atoms in total. The molecule has 0 heterocycles. The lowest BCUT2D eigenvalue weighted by molar-refractivity contribution is -0.122. The zero-order valence-electron chi connectivity index (χ0n) is 8.81. The molecule has 1 rings (SSSR count). The van der Waals surface area contributed by atoms with Crippen LogP contribution in [0.4, 0.5) is 0 Å². The summed E-state index contributed by atoms with van der Waals surface area (Å²) in [5.41, 5.74) is 0. The van der Waals surface area contributed by atoms with Crippen molar-refractivity contribution in [1.29, 1.82) is 0 Å². The van der Waals surface area contributed by atoms with E-state index in [4.69, 9.17) is 0 Å². The van der Waals surface area contributed by atoms with Crippen molar-refractivity contribution in [2.75, 3.05) is 7.05 Å². The summed E-state index contributed by atoms with van der Waals surface area (Å²) in [6, 6.07) is 0.429. The number of nitrogens with one attached hydrogen (secondary N) is 1. The summed E-state index contributed by atoms with van der Waals surface area (Å²) in [4.78, 5) is 11.4. The van der Waals surface area contributed by atoms with Crippen LogP contribution in [0.1, 0.15) is 45.4 Å². The van der Waals surface area contributed by atoms with Gasteiger partial charge in [0.15, 0.2) is 0 Å². The van der Waals surface area contributed by atoms with Gasteiger partial charge in [0, 0.05) is 12.0 Å². The van der Waals surface area contributed by atoms with Crippen LogP contribution in [-0.4, -0.2) is 18.9 Å². The van der Waals surface area contributed by atoms with Gasteiger partial charge < -0.3 is 5.32 Å². The highest BCUT2D eigenvalue weighted by Crippen LogP contribution is 2.23. The molecule has 1 aliphatic rings. The molecule has 1 aliphatic carbocycles. The predicted octanol–water partition coefficient (Wildman–Crippen LogP) is 2.13. The van der Waals surface area contributed by atoms with Crippen molar-refractivity contribution in [1.82, 2.24) is 5.32 Å². The molecule has 0 saturated heterocycles. The number of carbonyl (C=O) groups excluding carboxylic acids is 1. The number of carbonyl (C=O) groups is 1. The van der Waals surface area contributed by atoms with E-state index in [2.05, 4.69) is 5.32 Å². The van der Waals surface area contributed by atoms with Crippen LogP contribution in [0, 0.1) is 5.92 Å². The molecule has 13 heavy (non-hydrogen) atoms. The van der Waals surface area contributed by atoms with Crippen molar-refractivity contribution in [2.24, 2.45) is 5.92 Å². The number of hydrogen-bond acceptors (Lipinski definition) is 2. The monoisotopic (exact) mass is 183 g/mol. The normalized spacial score (nSPS) is 30.6. The summed E-state index contributed by atoms with van der Waals surface area (Å²) >= 11 is 0. The zero-order chi connectivity index (χ0) is 9.68. The van der Waals surface area contributed by atoms with E-state index >= 15 is 0 Å². The highest BCUT2D eigenvalue weighted by molar-refractivity contribution is 5.79. The smallest absolute Gasteiger partial charge is 0.134 e. The third-order valence-electron chi connectivity index (χ3n) is 3.16. The van der Waals surface area contributed by atoms with Gasteiger partial charge in [-0.05, 0) is 26.8 Å². The second-order valence-corrected chi connectivity index (χ2v) is 4.10. The minimum absolute atomic E-state index is 0.269. The number of ketones is 1. The molecule has 1 unspecified atom stereocenters. The van der Waals surface area contributed by atoms with Gasteiger partial charge in [0.2, 0.25) is 0 Å². The van der Waals surface area contributed by atoms with Gasteiger partial charge in [-0.1, -0.05) is 25.7 Å². The van der Waals surface area contributed by atoms with Crippen molar-refractivity contribution in [3.8, 4) is 0 Å². The van der Waals surface area contributed by atoms with Crippen LogP contribution in [0.3, 0.4) is 0 Å². The van der Waals surface area contributed by atoms with Crippen LogP contribution in [-0.2, 0) is 4.79 Å². The Balaban J connectivity index is 2.55. The maximum absolute atomic E-state index is 11.4. The van der Waals surface area contributed by atoms with E-state index in [1.807, 2.05) is 7.05 Å². The first-order valence-electron chi connectivity index (χ1n) is 5.43. The molecule has 0 spiro atoms. The van der Waals surface area contributed by atoms with Crippen molar-refractivity contribution in [3.05, 3.63) is 0 Å². The Morgan fingerprint density at radius 1 is 1.15 bits per heavy atom. The fourth-order valence-corrected chi connectivity index (χ4v) is 2.32. The topological polar surface area (TPSA) is 29.1 Å². The molecule has 0 aromatic rings. The Kier molecular flexibility index (Phi) is 4.43. The molecule has 2 atom stereocenters. The highest BCUT2D eigenvalue weighted by atomic mass is 16.1. The fraction of sp³-hybridized carbons (Fsp3) is 0.909. The van der Waals surface area contributed by atoms with Crippen LogP contribution in [0.15, 0.2) is 0 Å². The van der Waals surface area contributed by atoms with E-state index in [-0.39, 0.29) is 5.92 Å². The summed E-state index contributed by atoms with van der Waals surface area (Å²) in [6.07, 6.45) is 7.39. The van der Waals surface area contributed by atoms with Crippen molar-refractivity contribution < 1.29 is 4.79 Å². The van der Waals surface area contributed by atoms with Crippen LogP contribution in [0.25, 0.3) is 0 Å². The molecule has 0 bridgehead atoms. The molecule has 0 aliphatic heterocycles. The van der Waals surface area contributed by atoms with E-state index in [9.17, 15) is 4.79 Å². The van der Waals surface area contributed by atoms with Gasteiger partial charge >= 0.3 is 0 Å². The molecule has 2 heteroatoms. The van der Waals surface area contributed by atoms with Gasteiger partial charge in [-0.15, -0.1) is 0 Å². The van der Waals surface area contributed by atoms with Crippen molar-refractivity contribution in [2.45, 2.75) is 51.5 Å². The summed E-state index contributed by atoms with van der Waals surface area (Å²) in [7, 11) is 1.97. The third-order valence-corrected chi connectivity index (χ3v) is 3.16. The zero-order valence-corrected chi connectivity index (χ0v) is 8.81. The lowest BCUT2D eigenvalue weighted by Crippen LogP contribution is -2.37. The van der Waals surface area contributed by atoms with Crippen LogP contribution in [0.5, 0.6) is 0 Å². The van der Waals surface area contributed by atoms with Gasteiger partial charge in [-0.3, -0.25) is 4.79 Å². The van der Waals surface area contributed by atoms with E-state index in [0.29, 0.717) is 11.8 Å². The quantitative estimate of drug-likeness (QED) is 0.710.